The Labute approximate surface area is 161 Å². The molecule has 5 nitrogen and oxygen atoms in total. The molecule has 1 heterocycles. The number of aromatic hydroxyl groups is 1. The summed E-state index contributed by atoms with van der Waals surface area (Å²) in [5.74, 6) is 0.361. The van der Waals surface area contributed by atoms with Crippen molar-refractivity contribution in [1.29, 1.82) is 0 Å². The van der Waals surface area contributed by atoms with Gasteiger partial charge in [-0.3, -0.25) is 4.57 Å². The molecule has 2 atom stereocenters. The van der Waals surface area contributed by atoms with E-state index in [4.69, 9.17) is 4.74 Å². The highest BCUT2D eigenvalue weighted by molar-refractivity contribution is 7.60. The monoisotopic (exact) mass is 394 g/mol. The molecule has 0 unspecified atom stereocenters. The van der Waals surface area contributed by atoms with Gasteiger partial charge in [0.15, 0.2) is 0 Å². The van der Waals surface area contributed by atoms with Gasteiger partial charge in [0.1, 0.15) is 22.4 Å². The summed E-state index contributed by atoms with van der Waals surface area (Å²) in [4.78, 5) is 19.9. The van der Waals surface area contributed by atoms with Crippen LogP contribution in [0, 0.1) is 5.92 Å². The number of ether oxygens (including phenoxy) is 1. The van der Waals surface area contributed by atoms with Gasteiger partial charge in [-0.2, -0.15) is 0 Å². The summed E-state index contributed by atoms with van der Waals surface area (Å²) in [5.41, 5.74) is 1.88. The number of fused-ring (bicyclic) bond motifs is 3. The van der Waals surface area contributed by atoms with Gasteiger partial charge in [0, 0.05) is 17.4 Å². The Morgan fingerprint density at radius 1 is 1.30 bits per heavy atom. The number of allylic oxidation sites excluding steroid dienone is 2. The number of phenolic OH excluding ortho intramolecular Hbond substituents is 1. The lowest BCUT2D eigenvalue weighted by Gasteiger charge is -2.46. The summed E-state index contributed by atoms with van der Waals surface area (Å²) >= 11 is 0. The second-order valence-electron chi connectivity index (χ2n) is 8.54. The van der Waals surface area contributed by atoms with Crippen molar-refractivity contribution < 1.29 is 24.2 Å². The Morgan fingerprint density at radius 2 is 2.00 bits per heavy atom. The van der Waals surface area contributed by atoms with Crippen molar-refractivity contribution in [2.45, 2.75) is 77.7 Å². The van der Waals surface area contributed by atoms with Gasteiger partial charge in [-0.05, 0) is 58.1 Å². The summed E-state index contributed by atoms with van der Waals surface area (Å²) in [5, 5.41) is 10.8. The lowest BCUT2D eigenvalue weighted by Crippen LogP contribution is -2.45. The van der Waals surface area contributed by atoms with Crippen molar-refractivity contribution in [3.05, 3.63) is 28.8 Å². The van der Waals surface area contributed by atoms with E-state index in [1.54, 1.807) is 6.07 Å². The van der Waals surface area contributed by atoms with Crippen molar-refractivity contribution in [3.8, 4) is 11.5 Å². The van der Waals surface area contributed by atoms with Gasteiger partial charge in [-0.1, -0.05) is 31.4 Å². The molecule has 0 fully saturated rings. The molecule has 0 aromatic heterocycles. The highest BCUT2D eigenvalue weighted by Crippen LogP contribution is 2.55. The van der Waals surface area contributed by atoms with Crippen LogP contribution in [0.4, 0.5) is 0 Å². The molecule has 6 heteroatoms. The van der Waals surface area contributed by atoms with E-state index in [9.17, 15) is 19.5 Å². The van der Waals surface area contributed by atoms with Gasteiger partial charge < -0.3 is 19.6 Å². The molecule has 3 N–H and O–H groups in total. The predicted octanol–water partition coefficient (Wildman–Crippen LogP) is 4.54. The van der Waals surface area contributed by atoms with Crippen LogP contribution in [0.25, 0.3) is 0 Å². The minimum Gasteiger partial charge on any atom is -0.507 e. The lowest BCUT2D eigenvalue weighted by atomic mass is 9.68. The number of benzene rings is 1. The molecule has 0 radical (unpaired) electrons. The maximum Gasteiger partial charge on any atom is 0.360 e. The van der Waals surface area contributed by atoms with Gasteiger partial charge in [0.25, 0.3) is 0 Å². The lowest BCUT2D eigenvalue weighted by molar-refractivity contribution is 0.0108. The van der Waals surface area contributed by atoms with E-state index in [0.29, 0.717) is 23.3 Å². The summed E-state index contributed by atoms with van der Waals surface area (Å²) in [7, 11) is -4.61. The standard InChI is InChI=1S/C21H31O5P/c1-5-6-7-8-14-12-17-18(19(22)20(14)27(23,24)25)15-11-13(2)9-10-16(15)21(3,4)26-17/h11-12,15-16,22H,5-10H2,1-4H3,(H2,23,24,25)/t15-,16-/m1/s1. The first kappa shape index (κ1) is 20.4. The molecule has 0 amide bonds. The van der Waals surface area contributed by atoms with Crippen LogP contribution < -0.4 is 10.0 Å². The van der Waals surface area contributed by atoms with Gasteiger partial charge in [-0.25, -0.2) is 0 Å². The molecule has 27 heavy (non-hydrogen) atoms. The third-order valence-electron chi connectivity index (χ3n) is 6.04. The van der Waals surface area contributed by atoms with Crippen LogP contribution in [0.1, 0.15) is 76.8 Å². The summed E-state index contributed by atoms with van der Waals surface area (Å²) in [6.45, 7) is 8.27. The molecule has 2 aliphatic rings. The quantitative estimate of drug-likeness (QED) is 0.388. The molecule has 0 saturated heterocycles. The molecule has 1 aliphatic heterocycles. The zero-order valence-corrected chi connectivity index (χ0v) is 17.6. The fraction of sp³-hybridized carbons (Fsp3) is 0.619. The first-order valence-electron chi connectivity index (χ1n) is 9.87. The number of phenols is 1. The van der Waals surface area contributed by atoms with Crippen LogP contribution in [-0.4, -0.2) is 20.5 Å². The van der Waals surface area contributed by atoms with E-state index in [2.05, 4.69) is 33.8 Å². The van der Waals surface area contributed by atoms with E-state index >= 15 is 0 Å². The smallest absolute Gasteiger partial charge is 0.360 e. The fourth-order valence-electron chi connectivity index (χ4n) is 4.68. The maximum atomic E-state index is 12.2. The molecule has 0 bridgehead atoms. The average molecular weight is 394 g/mol. The second kappa shape index (κ2) is 7.27. The number of hydrogen-bond acceptors (Lipinski definition) is 3. The van der Waals surface area contributed by atoms with Gasteiger partial charge in [0.05, 0.1) is 0 Å². The molecule has 1 aromatic carbocycles. The van der Waals surface area contributed by atoms with Crippen molar-refractivity contribution in [1.82, 2.24) is 0 Å². The van der Waals surface area contributed by atoms with E-state index in [0.717, 1.165) is 32.1 Å². The number of aryl methyl sites for hydroxylation is 1. The van der Waals surface area contributed by atoms with Crippen molar-refractivity contribution in [3.63, 3.8) is 0 Å². The van der Waals surface area contributed by atoms with E-state index in [1.165, 1.54) is 5.57 Å². The third-order valence-corrected chi connectivity index (χ3v) is 7.12. The SMILES string of the molecule is CCCCCc1cc2c(c(O)c1P(=O)(O)O)[C@@H]1C=C(C)CC[C@H]1C(C)(C)O2. The highest BCUT2D eigenvalue weighted by Gasteiger charge is 2.46. The summed E-state index contributed by atoms with van der Waals surface area (Å²) in [6.07, 6.45) is 7.36. The van der Waals surface area contributed by atoms with E-state index in [1.807, 2.05) is 0 Å². The molecule has 0 spiro atoms. The summed E-state index contributed by atoms with van der Waals surface area (Å²) < 4.78 is 18.5. The van der Waals surface area contributed by atoms with Crippen molar-refractivity contribution in [2.75, 3.05) is 0 Å². The van der Waals surface area contributed by atoms with Crippen LogP contribution in [-0.2, 0) is 11.0 Å². The Balaban J connectivity index is 2.20. The Morgan fingerprint density at radius 3 is 2.63 bits per heavy atom. The Bertz CT molecular complexity index is 805. The topological polar surface area (TPSA) is 87.0 Å². The number of rotatable bonds is 5. The average Bonchev–Trinajstić information content (AvgIpc) is 2.52. The molecular weight excluding hydrogens is 363 g/mol. The van der Waals surface area contributed by atoms with E-state index < -0.39 is 13.2 Å². The van der Waals surface area contributed by atoms with Gasteiger partial charge in [0.2, 0.25) is 0 Å². The molecule has 150 valence electrons. The van der Waals surface area contributed by atoms with Crippen LogP contribution in [0.3, 0.4) is 0 Å². The van der Waals surface area contributed by atoms with Crippen LogP contribution in [0.5, 0.6) is 11.5 Å². The molecule has 1 aliphatic carbocycles. The molecular formula is C21H31O5P. The number of hydrogen-bond donors (Lipinski definition) is 3. The molecule has 1 aromatic rings. The van der Waals surface area contributed by atoms with Gasteiger partial charge in [-0.15, -0.1) is 0 Å². The van der Waals surface area contributed by atoms with Crippen LogP contribution >= 0.6 is 7.60 Å². The minimum atomic E-state index is -4.61. The first-order chi connectivity index (χ1) is 12.6. The predicted molar refractivity (Wildman–Crippen MR) is 107 cm³/mol. The fourth-order valence-corrected chi connectivity index (χ4v) is 5.63. The number of unbranched alkanes of at least 4 members (excludes halogenated alkanes) is 2. The molecule has 0 saturated carbocycles. The Kier molecular flexibility index (Phi) is 5.51. The Hall–Kier alpha value is -1.29. The first-order valence-corrected chi connectivity index (χ1v) is 11.5. The van der Waals surface area contributed by atoms with Crippen molar-refractivity contribution >= 4 is 12.9 Å². The largest absolute Gasteiger partial charge is 0.507 e. The maximum absolute atomic E-state index is 12.2. The van der Waals surface area contributed by atoms with E-state index in [-0.39, 0.29) is 22.9 Å². The second-order valence-corrected chi connectivity index (χ2v) is 10.1. The molecule has 3 rings (SSSR count). The summed E-state index contributed by atoms with van der Waals surface area (Å²) in [6, 6.07) is 1.76. The van der Waals surface area contributed by atoms with Crippen LogP contribution in [0.2, 0.25) is 0 Å². The van der Waals surface area contributed by atoms with Crippen molar-refractivity contribution in [2.24, 2.45) is 5.92 Å². The van der Waals surface area contributed by atoms with Gasteiger partial charge >= 0.3 is 7.60 Å². The van der Waals surface area contributed by atoms with Crippen LogP contribution in [0.15, 0.2) is 17.7 Å². The normalized spacial score (nSPS) is 23.9. The minimum absolute atomic E-state index is 0.0903. The zero-order chi connectivity index (χ0) is 20.0. The highest BCUT2D eigenvalue weighted by atomic mass is 31.2. The third kappa shape index (κ3) is 3.83. The zero-order valence-electron chi connectivity index (χ0n) is 16.7.